The van der Waals surface area contributed by atoms with Crippen molar-refractivity contribution in [2.24, 2.45) is 7.05 Å². The Morgan fingerprint density at radius 2 is 1.67 bits per heavy atom. The van der Waals surface area contributed by atoms with E-state index in [0.717, 1.165) is 5.56 Å². The van der Waals surface area contributed by atoms with Crippen molar-refractivity contribution in [2.45, 2.75) is 24.7 Å². The van der Waals surface area contributed by atoms with E-state index in [1.54, 1.807) is 30.8 Å². The maximum absolute atomic E-state index is 12.8. The number of hydrogen-bond acceptors (Lipinski definition) is 4. The summed E-state index contributed by atoms with van der Waals surface area (Å²) in [6.45, 7) is 1.78. The van der Waals surface area contributed by atoms with Crippen molar-refractivity contribution in [3.63, 3.8) is 0 Å². The number of nitrogens with zero attached hydrogens (tertiary/aromatic N) is 2. The molecule has 3 rings (SSSR count). The maximum Gasteiger partial charge on any atom is 0.295 e. The van der Waals surface area contributed by atoms with Gasteiger partial charge in [0.1, 0.15) is 5.69 Å². The van der Waals surface area contributed by atoms with Crippen molar-refractivity contribution >= 4 is 21.6 Å². The highest BCUT2D eigenvalue weighted by molar-refractivity contribution is 7.89. The number of aryl methyl sites for hydroxylation is 1. The summed E-state index contributed by atoms with van der Waals surface area (Å²) in [5.41, 5.74) is 2.15. The van der Waals surface area contributed by atoms with Gasteiger partial charge in [-0.1, -0.05) is 30.3 Å². The molecule has 0 aliphatic rings. The Morgan fingerprint density at radius 3 is 2.27 bits per heavy atom. The van der Waals surface area contributed by atoms with E-state index < -0.39 is 10.0 Å². The average Bonchev–Trinajstić information content (AvgIpc) is 2.96. The highest BCUT2D eigenvalue weighted by Gasteiger charge is 2.18. The maximum atomic E-state index is 12.8. The number of carbonyl (C=O) groups is 1. The minimum Gasteiger partial charge on any atom is -0.320 e. The van der Waals surface area contributed by atoms with E-state index in [-0.39, 0.29) is 28.5 Å². The van der Waals surface area contributed by atoms with Crippen molar-refractivity contribution in [1.82, 2.24) is 14.1 Å². The van der Waals surface area contributed by atoms with E-state index in [4.69, 9.17) is 0 Å². The van der Waals surface area contributed by atoms with Crippen molar-refractivity contribution in [1.29, 1.82) is 0 Å². The van der Waals surface area contributed by atoms with E-state index in [0.29, 0.717) is 17.8 Å². The molecule has 0 aliphatic heterocycles. The Bertz CT molecular complexity index is 1210. The van der Waals surface area contributed by atoms with Gasteiger partial charge in [-0.3, -0.25) is 14.3 Å². The van der Waals surface area contributed by atoms with Crippen LogP contribution in [0.3, 0.4) is 0 Å². The van der Waals surface area contributed by atoms with Crippen LogP contribution in [0.5, 0.6) is 0 Å². The van der Waals surface area contributed by atoms with Crippen LogP contribution in [0.25, 0.3) is 5.69 Å². The first-order valence-corrected chi connectivity index (χ1v) is 10.9. The van der Waals surface area contributed by atoms with E-state index >= 15 is 0 Å². The molecule has 3 aromatic rings. The number of sulfonamides is 1. The van der Waals surface area contributed by atoms with Crippen LogP contribution >= 0.6 is 0 Å². The third kappa shape index (κ3) is 4.37. The van der Waals surface area contributed by atoms with Crippen LogP contribution < -0.4 is 15.6 Å². The zero-order chi connectivity index (χ0) is 21.9. The second-order valence-electron chi connectivity index (χ2n) is 6.84. The molecule has 1 aromatic heterocycles. The van der Waals surface area contributed by atoms with Gasteiger partial charge >= 0.3 is 0 Å². The predicted octanol–water partition coefficient (Wildman–Crippen LogP) is 1.96. The van der Waals surface area contributed by atoms with Gasteiger partial charge in [0.2, 0.25) is 15.9 Å². The first-order valence-electron chi connectivity index (χ1n) is 9.41. The molecule has 8 nitrogen and oxygen atoms in total. The lowest BCUT2D eigenvalue weighted by Crippen LogP contribution is -2.23. The molecular formula is C21H24N4O4S. The van der Waals surface area contributed by atoms with E-state index in [1.165, 1.54) is 23.9 Å². The van der Waals surface area contributed by atoms with Crippen LogP contribution in [0.4, 0.5) is 5.69 Å². The standard InChI is InChI=1S/C21H24N4O4S/c1-15-20(21(27)25(24(15)3)17-7-5-4-6-8-17)23-19(26)14-11-16-9-12-18(13-10-16)30(28,29)22-2/h4-10,12-13,22H,11,14H2,1-3H3,(H,23,26). The minimum absolute atomic E-state index is 0.164. The number of para-hydroxylation sites is 1. The largest absolute Gasteiger partial charge is 0.320 e. The van der Waals surface area contributed by atoms with Crippen LogP contribution in [0, 0.1) is 6.92 Å². The molecule has 0 aliphatic carbocycles. The molecule has 158 valence electrons. The highest BCUT2D eigenvalue weighted by atomic mass is 32.2. The third-order valence-electron chi connectivity index (χ3n) is 4.96. The van der Waals surface area contributed by atoms with E-state index in [2.05, 4.69) is 10.0 Å². The van der Waals surface area contributed by atoms with Crippen LogP contribution in [-0.4, -0.2) is 30.7 Å². The van der Waals surface area contributed by atoms with Crippen molar-refractivity contribution in [2.75, 3.05) is 12.4 Å². The molecule has 0 bridgehead atoms. The van der Waals surface area contributed by atoms with Gasteiger partial charge in [-0.2, -0.15) is 0 Å². The molecule has 30 heavy (non-hydrogen) atoms. The smallest absolute Gasteiger partial charge is 0.295 e. The molecule has 9 heteroatoms. The number of aromatic nitrogens is 2. The van der Waals surface area contributed by atoms with Gasteiger partial charge in [0.25, 0.3) is 5.56 Å². The lowest BCUT2D eigenvalue weighted by atomic mass is 10.1. The highest BCUT2D eigenvalue weighted by Crippen LogP contribution is 2.15. The lowest BCUT2D eigenvalue weighted by molar-refractivity contribution is -0.116. The first kappa shape index (κ1) is 21.5. The molecule has 0 radical (unpaired) electrons. The van der Waals surface area contributed by atoms with Gasteiger partial charge in [-0.25, -0.2) is 17.8 Å². The topological polar surface area (TPSA) is 102 Å². The number of rotatable bonds is 7. The number of amides is 1. The summed E-state index contributed by atoms with van der Waals surface area (Å²) < 4.78 is 29.0. The fourth-order valence-corrected chi connectivity index (χ4v) is 3.86. The molecular weight excluding hydrogens is 404 g/mol. The van der Waals surface area contributed by atoms with Gasteiger partial charge in [-0.05, 0) is 50.2 Å². The SMILES string of the molecule is CNS(=O)(=O)c1ccc(CCC(=O)Nc2c(C)n(C)n(-c3ccccc3)c2=O)cc1. The van der Waals surface area contributed by atoms with Crippen molar-refractivity contribution < 1.29 is 13.2 Å². The van der Waals surface area contributed by atoms with Crippen LogP contribution in [0.2, 0.25) is 0 Å². The van der Waals surface area contributed by atoms with Crippen LogP contribution in [0.15, 0.2) is 64.3 Å². The number of anilines is 1. The average molecular weight is 429 g/mol. The third-order valence-corrected chi connectivity index (χ3v) is 6.39. The Balaban J connectivity index is 1.71. The molecule has 0 fully saturated rings. The van der Waals surface area contributed by atoms with Crippen LogP contribution in [-0.2, 0) is 28.3 Å². The zero-order valence-corrected chi connectivity index (χ0v) is 17.9. The Kier molecular flexibility index (Phi) is 6.23. The van der Waals surface area contributed by atoms with E-state index in [9.17, 15) is 18.0 Å². The Labute approximate surface area is 175 Å². The molecule has 2 aromatic carbocycles. The Hall–Kier alpha value is -3.17. The first-order chi connectivity index (χ1) is 14.2. The fraction of sp³-hybridized carbons (Fsp3) is 0.238. The van der Waals surface area contributed by atoms with Gasteiger partial charge in [0.15, 0.2) is 0 Å². The lowest BCUT2D eigenvalue weighted by Gasteiger charge is -2.07. The molecule has 0 saturated heterocycles. The number of hydrogen-bond donors (Lipinski definition) is 2. The summed E-state index contributed by atoms with van der Waals surface area (Å²) in [7, 11) is -0.374. The molecule has 0 atom stereocenters. The summed E-state index contributed by atoms with van der Waals surface area (Å²) in [6, 6.07) is 15.5. The fourth-order valence-electron chi connectivity index (χ4n) is 3.13. The summed E-state index contributed by atoms with van der Waals surface area (Å²) in [6.07, 6.45) is 0.585. The number of benzene rings is 2. The number of carbonyl (C=O) groups excluding carboxylic acids is 1. The minimum atomic E-state index is -3.49. The molecule has 0 saturated carbocycles. The van der Waals surface area contributed by atoms with Gasteiger partial charge < -0.3 is 5.32 Å². The molecule has 2 N–H and O–H groups in total. The second-order valence-corrected chi connectivity index (χ2v) is 8.72. The normalized spacial score (nSPS) is 11.4. The summed E-state index contributed by atoms with van der Waals surface area (Å²) in [5.74, 6) is -0.284. The summed E-state index contributed by atoms with van der Waals surface area (Å²) >= 11 is 0. The van der Waals surface area contributed by atoms with Gasteiger partial charge in [0.05, 0.1) is 16.3 Å². The second kappa shape index (κ2) is 8.68. The monoisotopic (exact) mass is 428 g/mol. The van der Waals surface area contributed by atoms with Crippen molar-refractivity contribution in [3.8, 4) is 5.69 Å². The van der Waals surface area contributed by atoms with Gasteiger partial charge in [0, 0.05) is 13.5 Å². The predicted molar refractivity (Wildman–Crippen MR) is 115 cm³/mol. The molecule has 1 heterocycles. The van der Waals surface area contributed by atoms with Crippen LogP contribution in [0.1, 0.15) is 17.7 Å². The molecule has 0 unspecified atom stereocenters. The molecule has 0 spiro atoms. The zero-order valence-electron chi connectivity index (χ0n) is 17.0. The van der Waals surface area contributed by atoms with Gasteiger partial charge in [-0.15, -0.1) is 0 Å². The van der Waals surface area contributed by atoms with Crippen molar-refractivity contribution in [3.05, 3.63) is 76.2 Å². The number of nitrogens with one attached hydrogen (secondary N) is 2. The molecule has 1 amide bonds. The Morgan fingerprint density at radius 1 is 1.03 bits per heavy atom. The summed E-state index contributed by atoms with van der Waals surface area (Å²) in [4.78, 5) is 25.5. The quantitative estimate of drug-likeness (QED) is 0.601. The van der Waals surface area contributed by atoms with E-state index in [1.807, 2.05) is 30.3 Å². The summed E-state index contributed by atoms with van der Waals surface area (Å²) in [5, 5.41) is 2.73.